The van der Waals surface area contributed by atoms with Crippen LogP contribution in [0.15, 0.2) is 40.4 Å². The quantitative estimate of drug-likeness (QED) is 0.0579. The molecule has 15 N–H and O–H groups in total. The number of carbonyl (C=O) groups is 6. The highest BCUT2D eigenvalue weighted by molar-refractivity contribution is 5.99. The second-order valence-corrected chi connectivity index (χ2v) is 14.9. The lowest BCUT2D eigenvalue weighted by atomic mass is 9.96. The zero-order valence-electron chi connectivity index (χ0n) is 33.3. The van der Waals surface area contributed by atoms with Crippen molar-refractivity contribution in [2.24, 2.45) is 38.8 Å². The first-order valence-electron chi connectivity index (χ1n) is 19.8. The number of carbonyl (C=O) groups excluding carboxylic acids is 6. The third-order valence-electron chi connectivity index (χ3n) is 10.6. The van der Waals surface area contributed by atoms with Gasteiger partial charge in [-0.3, -0.25) is 38.8 Å². The van der Waals surface area contributed by atoms with E-state index in [0.717, 1.165) is 10.9 Å². The maximum absolute atomic E-state index is 14.4. The summed E-state index contributed by atoms with van der Waals surface area (Å²) in [4.78, 5) is 97.3. The Balaban J connectivity index is 1.80. The molecule has 0 bridgehead atoms. The molecule has 8 atom stereocenters. The van der Waals surface area contributed by atoms with E-state index in [0.29, 0.717) is 18.4 Å². The summed E-state index contributed by atoms with van der Waals surface area (Å²) in [6, 6.07) is 0.0245. The number of guanidine groups is 2. The van der Waals surface area contributed by atoms with E-state index in [1.807, 2.05) is 31.2 Å². The Kier molecular flexibility index (Phi) is 16.2. The molecular weight excluding hydrogens is 751 g/mol. The fourth-order valence-corrected chi connectivity index (χ4v) is 7.17. The van der Waals surface area contributed by atoms with Crippen LogP contribution in [0.2, 0.25) is 0 Å². The van der Waals surface area contributed by atoms with Gasteiger partial charge in [-0.2, -0.15) is 0 Å². The number of nitrogens with zero attached hydrogens (tertiary/aromatic N) is 3. The highest BCUT2D eigenvalue weighted by Gasteiger charge is 2.41. The molecule has 20 nitrogen and oxygen atoms in total. The van der Waals surface area contributed by atoms with Crippen molar-refractivity contribution >= 4 is 58.3 Å². The van der Waals surface area contributed by atoms with Gasteiger partial charge in [0.1, 0.15) is 36.3 Å². The van der Waals surface area contributed by atoms with Crippen LogP contribution in [0.1, 0.15) is 71.3 Å². The van der Waals surface area contributed by atoms with Gasteiger partial charge in [-0.1, -0.05) is 38.5 Å². The lowest BCUT2D eigenvalue weighted by Gasteiger charge is -2.33. The monoisotopic (exact) mass is 809 g/mol. The van der Waals surface area contributed by atoms with Gasteiger partial charge in [0.2, 0.25) is 35.4 Å². The van der Waals surface area contributed by atoms with Gasteiger partial charge in [-0.05, 0) is 63.0 Å². The summed E-state index contributed by atoms with van der Waals surface area (Å²) in [7, 11) is 0. The van der Waals surface area contributed by atoms with Crippen molar-refractivity contribution in [1.82, 2.24) is 36.5 Å². The van der Waals surface area contributed by atoms with Gasteiger partial charge in [-0.15, -0.1) is 0 Å². The fraction of sp³-hybridized carbons (Fsp3) is 0.579. The average molecular weight is 810 g/mol. The minimum Gasteiger partial charge on any atom is -0.391 e. The summed E-state index contributed by atoms with van der Waals surface area (Å²) in [6.45, 7) is 5.32. The van der Waals surface area contributed by atoms with E-state index >= 15 is 0 Å². The van der Waals surface area contributed by atoms with Crippen molar-refractivity contribution in [3.8, 4) is 0 Å². The van der Waals surface area contributed by atoms with Crippen molar-refractivity contribution in [2.75, 3.05) is 19.6 Å². The molecule has 58 heavy (non-hydrogen) atoms. The van der Waals surface area contributed by atoms with Gasteiger partial charge in [0.15, 0.2) is 11.9 Å². The Morgan fingerprint density at radius 1 is 0.776 bits per heavy atom. The standard InChI is InChI=1S/C38H59N13O7/c1-4-20(2)29-34(56)46-25(12-7-15-43-37(39)40)31(53)48-27(18-22-19-45-24-11-6-5-10-23(22)24)32(54)47-26(13-8-16-44-38(41)42)36(58)51-17-9-14-28(51)33(55)50-30(21(3)52)35(57)49-29/h5-6,10-11,19-21,25-30,45,52H,4,7-9,12-18H2,1-3H3,(H,46,56)(H,47,54)(H,48,53)(H,49,57)(H,50,55)(H4,39,40,43)(H4,41,42,44)/t20-,21+,25+,26-,27-,28+,29-,30-/m0/s1. The lowest BCUT2D eigenvalue weighted by Crippen LogP contribution is -2.63. The number of rotatable bonds is 13. The number of aliphatic hydroxyl groups is 1. The normalized spacial score (nSPS) is 24.9. The van der Waals surface area contributed by atoms with E-state index in [9.17, 15) is 33.9 Å². The second kappa shape index (κ2) is 21.0. The van der Waals surface area contributed by atoms with E-state index in [1.165, 1.54) is 11.8 Å². The van der Waals surface area contributed by atoms with Gasteiger partial charge < -0.3 is 64.5 Å². The van der Waals surface area contributed by atoms with Crippen molar-refractivity contribution in [3.05, 3.63) is 36.0 Å². The number of nitrogens with one attached hydrogen (secondary N) is 6. The number of hydrogen-bond donors (Lipinski definition) is 11. The second-order valence-electron chi connectivity index (χ2n) is 14.9. The Labute approximate surface area is 337 Å². The van der Waals surface area contributed by atoms with Crippen molar-refractivity contribution in [3.63, 3.8) is 0 Å². The number of amides is 6. The van der Waals surface area contributed by atoms with Crippen LogP contribution in [0.4, 0.5) is 0 Å². The Bertz CT molecular complexity index is 1840. The zero-order chi connectivity index (χ0) is 42.5. The first-order chi connectivity index (χ1) is 27.6. The van der Waals surface area contributed by atoms with Gasteiger partial charge in [0.25, 0.3) is 0 Å². The van der Waals surface area contributed by atoms with E-state index in [1.54, 1.807) is 13.1 Å². The van der Waals surface area contributed by atoms with Crippen LogP contribution in [0.5, 0.6) is 0 Å². The Morgan fingerprint density at radius 3 is 1.98 bits per heavy atom. The van der Waals surface area contributed by atoms with Crippen molar-refractivity contribution in [1.29, 1.82) is 0 Å². The predicted molar refractivity (Wildman–Crippen MR) is 217 cm³/mol. The number of fused-ring (bicyclic) bond motifs is 2. The molecule has 0 radical (unpaired) electrons. The summed E-state index contributed by atoms with van der Waals surface area (Å²) in [5, 5.41) is 25.2. The van der Waals surface area contributed by atoms with Crippen molar-refractivity contribution in [2.45, 2.75) is 114 Å². The molecule has 1 aromatic heterocycles. The van der Waals surface area contributed by atoms with E-state index < -0.39 is 83.7 Å². The third kappa shape index (κ3) is 12.0. The fourth-order valence-electron chi connectivity index (χ4n) is 7.17. The molecule has 0 saturated carbocycles. The summed E-state index contributed by atoms with van der Waals surface area (Å²) in [5.41, 5.74) is 23.6. The highest BCUT2D eigenvalue weighted by atomic mass is 16.3. The zero-order valence-corrected chi connectivity index (χ0v) is 33.3. The first-order valence-corrected chi connectivity index (χ1v) is 19.8. The number of aromatic nitrogens is 1. The van der Waals surface area contributed by atoms with Crippen LogP contribution < -0.4 is 49.5 Å². The largest absolute Gasteiger partial charge is 0.391 e. The van der Waals surface area contributed by atoms with Crippen LogP contribution in [0, 0.1) is 5.92 Å². The van der Waals surface area contributed by atoms with Crippen LogP contribution in [0.3, 0.4) is 0 Å². The molecule has 2 fully saturated rings. The molecule has 1 aromatic carbocycles. The summed E-state index contributed by atoms with van der Waals surface area (Å²) in [5.74, 6) is -4.95. The minimum absolute atomic E-state index is 0.00774. The van der Waals surface area contributed by atoms with Gasteiger partial charge in [0, 0.05) is 43.2 Å². The minimum atomic E-state index is -1.50. The Morgan fingerprint density at radius 2 is 1.34 bits per heavy atom. The van der Waals surface area contributed by atoms with Crippen LogP contribution >= 0.6 is 0 Å². The SMILES string of the molecule is CC[C@H](C)[C@@H]1NC(=O)[C@H]([C@@H](C)O)NC(=O)[C@H]2CCCN2C(=O)[C@H](CCCN=C(N)N)NC(=O)[C@H](Cc2c[nH]c3ccccc23)NC(=O)[C@@H](CCCN=C(N)N)NC1=O. The maximum atomic E-state index is 14.4. The third-order valence-corrected chi connectivity index (χ3v) is 10.6. The highest BCUT2D eigenvalue weighted by Crippen LogP contribution is 2.22. The summed E-state index contributed by atoms with van der Waals surface area (Å²) in [6.07, 6.45) is 2.08. The molecule has 4 rings (SSSR count). The molecule has 2 aliphatic rings. The summed E-state index contributed by atoms with van der Waals surface area (Å²) >= 11 is 0. The number of nitrogens with two attached hydrogens (primary N) is 4. The number of aliphatic hydroxyl groups excluding tert-OH is 1. The smallest absolute Gasteiger partial charge is 0.245 e. The van der Waals surface area contributed by atoms with Crippen molar-refractivity contribution < 1.29 is 33.9 Å². The number of benzene rings is 1. The number of H-pyrrole nitrogens is 1. The number of aliphatic imine (C=N–C) groups is 2. The van der Waals surface area contributed by atoms with E-state index in [2.05, 4.69) is 41.6 Å². The molecule has 6 amide bonds. The lowest BCUT2D eigenvalue weighted by molar-refractivity contribution is -0.143. The van der Waals surface area contributed by atoms with E-state index in [4.69, 9.17) is 22.9 Å². The Hall–Kier alpha value is -5.92. The number of hydrogen-bond acceptors (Lipinski definition) is 9. The molecule has 2 aromatic rings. The van der Waals surface area contributed by atoms with Gasteiger partial charge in [-0.25, -0.2) is 0 Å². The van der Waals surface area contributed by atoms with Gasteiger partial charge >= 0.3 is 0 Å². The van der Waals surface area contributed by atoms with E-state index in [-0.39, 0.29) is 70.1 Å². The van der Waals surface area contributed by atoms with Crippen LogP contribution in [0.25, 0.3) is 10.9 Å². The molecule has 0 unspecified atom stereocenters. The predicted octanol–water partition coefficient (Wildman–Crippen LogP) is -2.33. The topological polar surface area (TPSA) is 331 Å². The first kappa shape index (κ1) is 44.8. The molecule has 2 aliphatic heterocycles. The molecule has 3 heterocycles. The molecule has 0 aliphatic carbocycles. The average Bonchev–Trinajstić information content (AvgIpc) is 3.84. The maximum Gasteiger partial charge on any atom is 0.245 e. The molecule has 2 saturated heterocycles. The summed E-state index contributed by atoms with van der Waals surface area (Å²) < 4.78 is 0. The van der Waals surface area contributed by atoms with Gasteiger partial charge in [0.05, 0.1) is 6.10 Å². The number of aromatic amines is 1. The molecule has 318 valence electrons. The molecule has 0 spiro atoms. The number of para-hydroxylation sites is 1. The van der Waals surface area contributed by atoms with Crippen LogP contribution in [-0.2, 0) is 35.2 Å². The van der Waals surface area contributed by atoms with Crippen LogP contribution in [-0.4, -0.2) is 124 Å². The molecule has 20 heteroatoms. The molecular formula is C38H59N13O7.